The summed E-state index contributed by atoms with van der Waals surface area (Å²) in [5, 5.41) is 6.75. The Morgan fingerprint density at radius 2 is 2.41 bits per heavy atom. The number of hydrogen-bond donors (Lipinski definition) is 2. The van der Waals surface area contributed by atoms with E-state index in [0.717, 1.165) is 5.82 Å². The number of aromatic nitrogens is 2. The van der Waals surface area contributed by atoms with E-state index in [1.165, 1.54) is 0 Å². The van der Waals surface area contributed by atoms with E-state index < -0.39 is 0 Å². The number of rotatable bonds is 6. The van der Waals surface area contributed by atoms with E-state index in [0.29, 0.717) is 31.4 Å². The van der Waals surface area contributed by atoms with E-state index in [1.54, 1.807) is 6.08 Å². The first-order valence-corrected chi connectivity index (χ1v) is 5.60. The number of nitrogens with zero attached hydrogens (tertiary/aromatic N) is 3. The van der Waals surface area contributed by atoms with Gasteiger partial charge >= 0.3 is 0 Å². The van der Waals surface area contributed by atoms with Gasteiger partial charge in [0, 0.05) is 18.9 Å². The smallest absolute Gasteiger partial charge is 0.228 e. The molecule has 94 valence electrons. The number of nitrogens with one attached hydrogen (secondary N) is 1. The van der Waals surface area contributed by atoms with E-state index in [1.807, 2.05) is 13.8 Å². The van der Waals surface area contributed by atoms with Crippen LogP contribution < -0.4 is 11.1 Å². The summed E-state index contributed by atoms with van der Waals surface area (Å²) >= 11 is 0. The standard InChI is InChI=1S/C11H19N5O/c1-4-6-13-11(12)14-7-5-9-15-10(8(2)3)16-17-9/h4,8H,1,5-7H2,2-3H3,(H3,12,13,14). The van der Waals surface area contributed by atoms with Gasteiger partial charge in [-0.05, 0) is 0 Å². The fourth-order valence-electron chi connectivity index (χ4n) is 1.11. The number of aliphatic imine (C=N–C) groups is 1. The van der Waals surface area contributed by atoms with E-state index in [4.69, 9.17) is 10.3 Å². The zero-order valence-electron chi connectivity index (χ0n) is 10.3. The zero-order valence-corrected chi connectivity index (χ0v) is 10.3. The molecule has 0 radical (unpaired) electrons. The highest BCUT2D eigenvalue weighted by atomic mass is 16.5. The van der Waals surface area contributed by atoms with Crippen molar-refractivity contribution in [2.45, 2.75) is 26.2 Å². The molecule has 0 unspecified atom stereocenters. The summed E-state index contributed by atoms with van der Waals surface area (Å²) in [6, 6.07) is 0. The Kier molecular flexibility index (Phi) is 5.19. The summed E-state index contributed by atoms with van der Waals surface area (Å²) in [6.45, 7) is 8.74. The van der Waals surface area contributed by atoms with Crippen LogP contribution in [0, 0.1) is 0 Å². The molecule has 0 aliphatic heterocycles. The van der Waals surface area contributed by atoms with Crippen molar-refractivity contribution >= 4 is 5.96 Å². The van der Waals surface area contributed by atoms with Crippen LogP contribution in [0.15, 0.2) is 22.2 Å². The maximum absolute atomic E-state index is 5.60. The summed E-state index contributed by atoms with van der Waals surface area (Å²) in [7, 11) is 0. The monoisotopic (exact) mass is 237 g/mol. The fraction of sp³-hybridized carbons (Fsp3) is 0.545. The third-order valence-corrected chi connectivity index (χ3v) is 2.04. The highest BCUT2D eigenvalue weighted by molar-refractivity contribution is 5.77. The summed E-state index contributed by atoms with van der Waals surface area (Å²) in [5.74, 6) is 1.99. The van der Waals surface area contributed by atoms with Crippen molar-refractivity contribution in [2.75, 3.05) is 13.1 Å². The Labute approximate surface area is 101 Å². The fourth-order valence-corrected chi connectivity index (χ4v) is 1.11. The average Bonchev–Trinajstić information content (AvgIpc) is 2.75. The molecule has 1 aromatic rings. The largest absolute Gasteiger partial charge is 0.370 e. The average molecular weight is 237 g/mol. The molecule has 1 aromatic heterocycles. The van der Waals surface area contributed by atoms with Crippen LogP contribution in [-0.4, -0.2) is 29.2 Å². The van der Waals surface area contributed by atoms with Crippen LogP contribution >= 0.6 is 0 Å². The second-order valence-corrected chi connectivity index (χ2v) is 3.89. The second kappa shape index (κ2) is 6.67. The van der Waals surface area contributed by atoms with E-state index >= 15 is 0 Å². The van der Waals surface area contributed by atoms with Gasteiger partial charge in [-0.2, -0.15) is 4.98 Å². The van der Waals surface area contributed by atoms with Crippen LogP contribution in [0.5, 0.6) is 0 Å². The molecule has 0 aliphatic carbocycles. The third kappa shape index (κ3) is 4.67. The van der Waals surface area contributed by atoms with Gasteiger partial charge in [-0.1, -0.05) is 25.1 Å². The predicted octanol–water partition coefficient (Wildman–Crippen LogP) is 0.826. The summed E-state index contributed by atoms with van der Waals surface area (Å²) in [5.41, 5.74) is 5.60. The number of guanidine groups is 1. The highest BCUT2D eigenvalue weighted by Crippen LogP contribution is 2.09. The van der Waals surface area contributed by atoms with Gasteiger partial charge in [0.1, 0.15) is 0 Å². The van der Waals surface area contributed by atoms with E-state index in [2.05, 4.69) is 27.0 Å². The molecular formula is C11H19N5O. The molecule has 0 saturated carbocycles. The molecule has 0 amide bonds. The molecule has 0 spiro atoms. The second-order valence-electron chi connectivity index (χ2n) is 3.89. The molecule has 3 N–H and O–H groups in total. The molecule has 6 nitrogen and oxygen atoms in total. The van der Waals surface area contributed by atoms with Gasteiger partial charge in [0.2, 0.25) is 5.89 Å². The van der Waals surface area contributed by atoms with E-state index in [9.17, 15) is 0 Å². The van der Waals surface area contributed by atoms with Crippen molar-refractivity contribution in [1.29, 1.82) is 0 Å². The van der Waals surface area contributed by atoms with Crippen molar-refractivity contribution in [2.24, 2.45) is 10.7 Å². The Morgan fingerprint density at radius 3 is 3.00 bits per heavy atom. The first-order valence-electron chi connectivity index (χ1n) is 5.60. The van der Waals surface area contributed by atoms with Crippen LogP contribution in [0.3, 0.4) is 0 Å². The van der Waals surface area contributed by atoms with Gasteiger partial charge in [0.15, 0.2) is 11.8 Å². The van der Waals surface area contributed by atoms with Crippen LogP contribution in [0.4, 0.5) is 0 Å². The van der Waals surface area contributed by atoms with Crippen LogP contribution in [0.2, 0.25) is 0 Å². The van der Waals surface area contributed by atoms with Gasteiger partial charge in [0.05, 0.1) is 6.54 Å². The lowest BCUT2D eigenvalue weighted by molar-refractivity contribution is 0.372. The molecule has 0 aliphatic rings. The predicted molar refractivity (Wildman–Crippen MR) is 66.8 cm³/mol. The molecule has 0 fully saturated rings. The van der Waals surface area contributed by atoms with Crippen LogP contribution in [-0.2, 0) is 6.42 Å². The van der Waals surface area contributed by atoms with Gasteiger partial charge in [0.25, 0.3) is 0 Å². The molecule has 17 heavy (non-hydrogen) atoms. The molecule has 1 rings (SSSR count). The Hall–Kier alpha value is -1.85. The Balaban J connectivity index is 2.37. The molecule has 0 bridgehead atoms. The van der Waals surface area contributed by atoms with Crippen molar-refractivity contribution in [3.05, 3.63) is 24.4 Å². The first kappa shape index (κ1) is 13.2. The van der Waals surface area contributed by atoms with Gasteiger partial charge in [-0.15, -0.1) is 6.58 Å². The van der Waals surface area contributed by atoms with E-state index in [-0.39, 0.29) is 5.92 Å². The minimum absolute atomic E-state index is 0.273. The lowest BCUT2D eigenvalue weighted by Crippen LogP contribution is -2.31. The van der Waals surface area contributed by atoms with Crippen molar-refractivity contribution < 1.29 is 4.52 Å². The summed E-state index contributed by atoms with van der Waals surface area (Å²) in [4.78, 5) is 8.36. The Bertz CT molecular complexity index is 383. The molecule has 1 heterocycles. The highest BCUT2D eigenvalue weighted by Gasteiger charge is 2.08. The summed E-state index contributed by atoms with van der Waals surface area (Å²) in [6.07, 6.45) is 2.31. The molecular weight excluding hydrogens is 218 g/mol. The first-order chi connectivity index (χ1) is 8.13. The van der Waals surface area contributed by atoms with Gasteiger partial charge in [-0.3, -0.25) is 4.99 Å². The van der Waals surface area contributed by atoms with Crippen molar-refractivity contribution in [3.63, 3.8) is 0 Å². The van der Waals surface area contributed by atoms with Gasteiger partial charge < -0.3 is 15.6 Å². The van der Waals surface area contributed by atoms with Crippen molar-refractivity contribution in [1.82, 2.24) is 15.5 Å². The number of nitrogens with two attached hydrogens (primary N) is 1. The van der Waals surface area contributed by atoms with Crippen molar-refractivity contribution in [3.8, 4) is 0 Å². The summed E-state index contributed by atoms with van der Waals surface area (Å²) < 4.78 is 5.08. The molecule has 6 heteroatoms. The lowest BCUT2D eigenvalue weighted by atomic mass is 10.2. The molecule has 0 saturated heterocycles. The van der Waals surface area contributed by atoms with Crippen LogP contribution in [0.1, 0.15) is 31.5 Å². The number of hydrogen-bond acceptors (Lipinski definition) is 4. The molecule has 0 aromatic carbocycles. The molecule has 0 atom stereocenters. The minimum atomic E-state index is 0.273. The minimum Gasteiger partial charge on any atom is -0.370 e. The maximum Gasteiger partial charge on any atom is 0.228 e. The van der Waals surface area contributed by atoms with Crippen LogP contribution in [0.25, 0.3) is 0 Å². The quantitative estimate of drug-likeness (QED) is 0.434. The third-order valence-electron chi connectivity index (χ3n) is 2.04. The Morgan fingerprint density at radius 1 is 1.65 bits per heavy atom. The normalized spacial score (nSPS) is 11.8. The zero-order chi connectivity index (χ0) is 12.7. The lowest BCUT2D eigenvalue weighted by Gasteiger charge is -2.00. The van der Waals surface area contributed by atoms with Gasteiger partial charge in [-0.25, -0.2) is 0 Å². The maximum atomic E-state index is 5.60. The topological polar surface area (TPSA) is 89.3 Å². The SMILES string of the molecule is C=CCNC(N)=NCCc1nc(C(C)C)no1.